The van der Waals surface area contributed by atoms with Crippen LogP contribution in [0.2, 0.25) is 0 Å². The van der Waals surface area contributed by atoms with Gasteiger partial charge in [-0.3, -0.25) is 4.79 Å². The van der Waals surface area contributed by atoms with Crippen molar-refractivity contribution in [2.75, 3.05) is 7.11 Å². The highest BCUT2D eigenvalue weighted by molar-refractivity contribution is 5.69. The first-order chi connectivity index (χ1) is 14.5. The van der Waals surface area contributed by atoms with Crippen molar-refractivity contribution in [1.29, 1.82) is 0 Å². The number of ether oxygens (including phenoxy) is 1. The molecule has 0 saturated heterocycles. The summed E-state index contributed by atoms with van der Waals surface area (Å²) >= 11 is 0. The third kappa shape index (κ3) is 7.21. The molecule has 1 unspecified atom stereocenters. The Labute approximate surface area is 180 Å². The summed E-state index contributed by atoms with van der Waals surface area (Å²) in [5, 5.41) is 20.8. The molecular formula is C25H37FO4. The Morgan fingerprint density at radius 1 is 1.23 bits per heavy atom. The van der Waals surface area contributed by atoms with Crippen molar-refractivity contribution in [1.82, 2.24) is 0 Å². The molecule has 1 aliphatic carbocycles. The zero-order valence-corrected chi connectivity index (χ0v) is 18.3. The first-order valence-electron chi connectivity index (χ1n) is 11.3. The van der Waals surface area contributed by atoms with Crippen molar-refractivity contribution in [2.24, 2.45) is 5.92 Å². The molecule has 0 aromatic heterocycles. The highest BCUT2D eigenvalue weighted by atomic mass is 19.1. The third-order valence-corrected chi connectivity index (χ3v) is 6.15. The fourth-order valence-corrected chi connectivity index (χ4v) is 4.36. The Morgan fingerprint density at radius 3 is 2.63 bits per heavy atom. The fraction of sp³-hybridized carbons (Fsp3) is 0.640. The van der Waals surface area contributed by atoms with Gasteiger partial charge in [0.2, 0.25) is 0 Å². The monoisotopic (exact) mass is 420 g/mol. The van der Waals surface area contributed by atoms with Gasteiger partial charge in [-0.25, -0.2) is 4.39 Å². The molecule has 0 heterocycles. The minimum absolute atomic E-state index is 0.160. The molecule has 1 aromatic carbocycles. The van der Waals surface area contributed by atoms with Crippen molar-refractivity contribution < 1.29 is 24.1 Å². The van der Waals surface area contributed by atoms with Crippen LogP contribution < -0.4 is 0 Å². The average Bonchev–Trinajstić information content (AvgIpc) is 3.03. The number of carbonyl (C=O) groups excluding carboxylic acids is 1. The minimum Gasteiger partial charge on any atom is -0.469 e. The Kier molecular flexibility index (Phi) is 10.5. The van der Waals surface area contributed by atoms with Gasteiger partial charge in [-0.2, -0.15) is 0 Å². The molecule has 0 amide bonds. The van der Waals surface area contributed by atoms with E-state index in [9.17, 15) is 19.4 Å². The van der Waals surface area contributed by atoms with Crippen molar-refractivity contribution in [3.05, 3.63) is 47.5 Å². The maximum absolute atomic E-state index is 14.6. The highest BCUT2D eigenvalue weighted by Crippen LogP contribution is 2.44. The number of rotatable bonds is 12. The molecule has 0 spiro atoms. The molecule has 5 atom stereocenters. The van der Waals surface area contributed by atoms with E-state index in [0.29, 0.717) is 19.3 Å². The summed E-state index contributed by atoms with van der Waals surface area (Å²) in [6, 6.07) is 7.67. The number of carbonyl (C=O) groups is 1. The number of esters is 1. The van der Waals surface area contributed by atoms with Crippen molar-refractivity contribution >= 4 is 5.97 Å². The summed E-state index contributed by atoms with van der Waals surface area (Å²) in [5.74, 6) is -0.728. The third-order valence-electron chi connectivity index (χ3n) is 6.15. The highest BCUT2D eigenvalue weighted by Gasteiger charge is 2.42. The molecule has 1 saturated carbocycles. The average molecular weight is 421 g/mol. The van der Waals surface area contributed by atoms with Crippen LogP contribution in [0.4, 0.5) is 4.39 Å². The van der Waals surface area contributed by atoms with Crippen molar-refractivity contribution in [3.8, 4) is 0 Å². The minimum atomic E-state index is -1.04. The maximum atomic E-state index is 14.6. The zero-order valence-electron chi connectivity index (χ0n) is 18.3. The van der Waals surface area contributed by atoms with E-state index in [0.717, 1.165) is 43.2 Å². The summed E-state index contributed by atoms with van der Waals surface area (Å²) in [5.41, 5.74) is 1.80. The molecule has 5 heteroatoms. The predicted molar refractivity (Wildman–Crippen MR) is 117 cm³/mol. The van der Waals surface area contributed by atoms with E-state index in [-0.39, 0.29) is 24.2 Å². The van der Waals surface area contributed by atoms with Gasteiger partial charge in [0.1, 0.15) is 6.17 Å². The number of aliphatic hydroxyl groups excluding tert-OH is 2. The second-order valence-electron chi connectivity index (χ2n) is 8.36. The smallest absolute Gasteiger partial charge is 0.305 e. The first-order valence-corrected chi connectivity index (χ1v) is 11.3. The molecule has 4 nitrogen and oxygen atoms in total. The number of benzene rings is 1. The van der Waals surface area contributed by atoms with Crippen LogP contribution in [0.25, 0.3) is 0 Å². The number of allylic oxidation sites excluding steroid dienone is 2. The van der Waals surface area contributed by atoms with Gasteiger partial charge in [-0.15, -0.1) is 0 Å². The molecule has 1 aliphatic rings. The first kappa shape index (κ1) is 24.5. The van der Waals surface area contributed by atoms with Gasteiger partial charge in [0.05, 0.1) is 19.3 Å². The predicted octanol–water partition coefficient (Wildman–Crippen LogP) is 5.39. The van der Waals surface area contributed by atoms with Crippen LogP contribution >= 0.6 is 0 Å². The lowest BCUT2D eigenvalue weighted by atomic mass is 9.84. The molecule has 2 N–H and O–H groups in total. The van der Waals surface area contributed by atoms with Gasteiger partial charge >= 0.3 is 5.97 Å². The molecule has 2 rings (SSSR count). The van der Waals surface area contributed by atoms with Crippen molar-refractivity contribution in [3.63, 3.8) is 0 Å². The lowest BCUT2D eigenvalue weighted by Crippen LogP contribution is -2.18. The number of methoxy groups -OCH3 is 1. The Morgan fingerprint density at radius 2 is 1.97 bits per heavy atom. The number of aliphatic hydroxyl groups is 2. The molecule has 30 heavy (non-hydrogen) atoms. The molecule has 1 fully saturated rings. The normalized spacial score (nSPS) is 25.0. The Bertz CT molecular complexity index is 658. The second-order valence-corrected chi connectivity index (χ2v) is 8.36. The van der Waals surface area contributed by atoms with E-state index in [1.54, 1.807) is 0 Å². The van der Waals surface area contributed by atoms with Gasteiger partial charge in [0.15, 0.2) is 0 Å². The van der Waals surface area contributed by atoms with Gasteiger partial charge in [-0.05, 0) is 36.8 Å². The van der Waals surface area contributed by atoms with E-state index >= 15 is 0 Å². The maximum Gasteiger partial charge on any atom is 0.305 e. The van der Waals surface area contributed by atoms with E-state index < -0.39 is 18.4 Å². The van der Waals surface area contributed by atoms with E-state index in [1.165, 1.54) is 7.11 Å². The summed E-state index contributed by atoms with van der Waals surface area (Å²) in [6.07, 6.45) is 8.27. The van der Waals surface area contributed by atoms with Gasteiger partial charge in [0, 0.05) is 24.7 Å². The van der Waals surface area contributed by atoms with E-state index in [2.05, 4.69) is 11.7 Å². The number of hydrogen-bond donors (Lipinski definition) is 2. The number of halogens is 1. The SMILES string of the molecule is CCCCCC(O)c1ccc([C@@H]2[C@@H](C/C=C\CCCC(=O)OC)[C@H](F)C[C@H]2O)cc1. The summed E-state index contributed by atoms with van der Waals surface area (Å²) < 4.78 is 19.2. The van der Waals surface area contributed by atoms with Gasteiger partial charge < -0.3 is 14.9 Å². The number of unbranched alkanes of at least 4 members (excludes halogenated alkanes) is 3. The largest absolute Gasteiger partial charge is 0.469 e. The van der Waals surface area contributed by atoms with Crippen LogP contribution in [-0.4, -0.2) is 35.6 Å². The quantitative estimate of drug-likeness (QED) is 0.270. The summed E-state index contributed by atoms with van der Waals surface area (Å²) in [6.45, 7) is 2.14. The molecule has 168 valence electrons. The topological polar surface area (TPSA) is 66.8 Å². The molecule has 0 radical (unpaired) electrons. The fourth-order valence-electron chi connectivity index (χ4n) is 4.36. The zero-order chi connectivity index (χ0) is 21.9. The van der Waals surface area contributed by atoms with Crippen LogP contribution in [0.15, 0.2) is 36.4 Å². The van der Waals surface area contributed by atoms with Gasteiger partial charge in [-0.1, -0.05) is 62.6 Å². The number of hydrogen-bond acceptors (Lipinski definition) is 4. The lowest BCUT2D eigenvalue weighted by molar-refractivity contribution is -0.140. The molecule has 0 aliphatic heterocycles. The standard InChI is InChI=1S/C25H37FO4/c1-3-4-7-11-22(27)18-13-15-19(16-14-18)25-20(21(26)17-23(25)28)10-8-5-6-9-12-24(29)30-2/h5,8,13-16,20-23,25,27-28H,3-4,6-7,9-12,17H2,1-2H3/b8-5-/t20-,21+,22?,23+,25+/m0/s1. The molecule has 0 bridgehead atoms. The van der Waals surface area contributed by atoms with Crippen LogP contribution in [0, 0.1) is 5.92 Å². The Balaban J connectivity index is 1.94. The Hall–Kier alpha value is -1.72. The summed E-state index contributed by atoms with van der Waals surface area (Å²) in [4.78, 5) is 11.1. The van der Waals surface area contributed by atoms with Crippen LogP contribution in [0.5, 0.6) is 0 Å². The van der Waals surface area contributed by atoms with Gasteiger partial charge in [0.25, 0.3) is 0 Å². The second kappa shape index (κ2) is 12.9. The van der Waals surface area contributed by atoms with Crippen molar-refractivity contribution in [2.45, 2.75) is 89.0 Å². The number of alkyl halides is 1. The molecule has 1 aromatic rings. The lowest BCUT2D eigenvalue weighted by Gasteiger charge is -2.23. The van der Waals surface area contributed by atoms with E-state index in [4.69, 9.17) is 0 Å². The summed E-state index contributed by atoms with van der Waals surface area (Å²) in [7, 11) is 1.38. The molecular weight excluding hydrogens is 383 g/mol. The van der Waals surface area contributed by atoms with Crippen LogP contribution in [-0.2, 0) is 9.53 Å². The van der Waals surface area contributed by atoms with Crippen LogP contribution in [0.3, 0.4) is 0 Å². The van der Waals surface area contributed by atoms with E-state index in [1.807, 2.05) is 36.4 Å². The van der Waals surface area contributed by atoms with Crippen LogP contribution in [0.1, 0.15) is 87.9 Å².